The molecule has 3 heteroatoms. The molecule has 120 valence electrons. The van der Waals surface area contributed by atoms with Crippen molar-refractivity contribution >= 4 is 0 Å². The first kappa shape index (κ1) is 18.0. The van der Waals surface area contributed by atoms with Gasteiger partial charge in [-0.1, -0.05) is 25.5 Å². The van der Waals surface area contributed by atoms with Crippen molar-refractivity contribution in [3.8, 4) is 5.75 Å². The van der Waals surface area contributed by atoms with Crippen LogP contribution in [0.5, 0.6) is 5.75 Å². The Morgan fingerprint density at radius 1 is 1.14 bits per heavy atom. The number of nitrogens with one attached hydrogen (secondary N) is 1. The van der Waals surface area contributed by atoms with Crippen molar-refractivity contribution in [2.24, 2.45) is 0 Å². The second-order valence-electron chi connectivity index (χ2n) is 6.63. The summed E-state index contributed by atoms with van der Waals surface area (Å²) in [6, 6.07) is 8.17. The van der Waals surface area contributed by atoms with Crippen LogP contribution in [0, 0.1) is 0 Å². The number of rotatable bonds is 8. The van der Waals surface area contributed by atoms with Gasteiger partial charge in [0.2, 0.25) is 0 Å². The highest BCUT2D eigenvalue weighted by atomic mass is 16.5. The maximum absolute atomic E-state index is 6.24. The van der Waals surface area contributed by atoms with E-state index in [4.69, 9.17) is 9.47 Å². The van der Waals surface area contributed by atoms with E-state index in [-0.39, 0.29) is 17.7 Å². The summed E-state index contributed by atoms with van der Waals surface area (Å²) in [6.45, 7) is 11.7. The minimum absolute atomic E-state index is 0.0664. The predicted molar refractivity (Wildman–Crippen MR) is 88.9 cm³/mol. The van der Waals surface area contributed by atoms with E-state index < -0.39 is 0 Å². The molecule has 0 heterocycles. The highest BCUT2D eigenvalue weighted by Gasteiger charge is 2.18. The highest BCUT2D eigenvalue weighted by Crippen LogP contribution is 2.23. The Morgan fingerprint density at radius 2 is 1.76 bits per heavy atom. The molecule has 0 aliphatic heterocycles. The van der Waals surface area contributed by atoms with Crippen molar-refractivity contribution in [1.82, 2.24) is 5.32 Å². The van der Waals surface area contributed by atoms with Gasteiger partial charge in [0.25, 0.3) is 0 Å². The van der Waals surface area contributed by atoms with E-state index in [0.29, 0.717) is 0 Å². The third-order valence-electron chi connectivity index (χ3n) is 3.40. The molecular formula is C18H31NO2. The van der Waals surface area contributed by atoms with Gasteiger partial charge in [0.1, 0.15) is 5.75 Å². The Kier molecular flexibility index (Phi) is 7.20. The number of hydrogen-bond acceptors (Lipinski definition) is 3. The smallest absolute Gasteiger partial charge is 0.118 e. The van der Waals surface area contributed by atoms with E-state index >= 15 is 0 Å². The molecule has 1 aromatic carbocycles. The maximum atomic E-state index is 6.24. The van der Waals surface area contributed by atoms with Crippen molar-refractivity contribution in [1.29, 1.82) is 0 Å². The standard InChI is InChI=1S/C18H31NO2/c1-7-8-14(2)21-17(13-19-18(3,4)5)15-9-11-16(20-6)12-10-15/h9-12,14,17,19H,7-8,13H2,1-6H3. The normalized spacial score (nSPS) is 14.8. The Hall–Kier alpha value is -1.06. The van der Waals surface area contributed by atoms with E-state index in [2.05, 4.69) is 52.1 Å². The lowest BCUT2D eigenvalue weighted by Gasteiger charge is -2.28. The minimum atomic E-state index is 0.0664. The largest absolute Gasteiger partial charge is 0.497 e. The first-order valence-corrected chi connectivity index (χ1v) is 7.90. The molecule has 0 saturated carbocycles. The van der Waals surface area contributed by atoms with Gasteiger partial charge in [0.15, 0.2) is 0 Å². The Labute approximate surface area is 130 Å². The topological polar surface area (TPSA) is 30.5 Å². The van der Waals surface area contributed by atoms with Crippen LogP contribution in [0.1, 0.15) is 59.1 Å². The molecule has 0 fully saturated rings. The number of benzene rings is 1. The second-order valence-corrected chi connectivity index (χ2v) is 6.63. The van der Waals surface area contributed by atoms with E-state index in [1.165, 1.54) is 5.56 Å². The molecule has 0 saturated heterocycles. The van der Waals surface area contributed by atoms with E-state index in [1.807, 2.05) is 12.1 Å². The van der Waals surface area contributed by atoms with E-state index in [9.17, 15) is 0 Å². The van der Waals surface area contributed by atoms with Gasteiger partial charge < -0.3 is 14.8 Å². The molecule has 0 aromatic heterocycles. The van der Waals surface area contributed by atoms with Crippen molar-refractivity contribution in [3.05, 3.63) is 29.8 Å². The predicted octanol–water partition coefficient (Wildman–Crippen LogP) is 4.33. The van der Waals surface area contributed by atoms with Crippen LogP contribution in [0.2, 0.25) is 0 Å². The van der Waals surface area contributed by atoms with Crippen LogP contribution in [0.3, 0.4) is 0 Å². The van der Waals surface area contributed by atoms with Crippen molar-refractivity contribution in [3.63, 3.8) is 0 Å². The first-order chi connectivity index (χ1) is 9.85. The summed E-state index contributed by atoms with van der Waals surface area (Å²) >= 11 is 0. The fourth-order valence-electron chi connectivity index (χ4n) is 2.22. The Morgan fingerprint density at radius 3 is 2.24 bits per heavy atom. The molecule has 0 aliphatic rings. The average molecular weight is 293 g/mol. The summed E-state index contributed by atoms with van der Waals surface area (Å²) in [5.41, 5.74) is 1.28. The molecule has 0 aliphatic carbocycles. The van der Waals surface area contributed by atoms with Crippen LogP contribution < -0.4 is 10.1 Å². The maximum Gasteiger partial charge on any atom is 0.118 e. The SMILES string of the molecule is CCCC(C)OC(CNC(C)(C)C)c1ccc(OC)cc1. The molecule has 2 atom stereocenters. The number of ether oxygens (including phenoxy) is 2. The zero-order valence-corrected chi connectivity index (χ0v) is 14.4. The van der Waals surface area contributed by atoms with Crippen LogP contribution in [-0.4, -0.2) is 25.3 Å². The molecule has 0 radical (unpaired) electrons. The van der Waals surface area contributed by atoms with Crippen molar-refractivity contribution in [2.75, 3.05) is 13.7 Å². The number of methoxy groups -OCH3 is 1. The summed E-state index contributed by atoms with van der Waals surface area (Å²) < 4.78 is 11.5. The fourth-order valence-corrected chi connectivity index (χ4v) is 2.22. The molecule has 0 spiro atoms. The third kappa shape index (κ3) is 6.96. The van der Waals surface area contributed by atoms with Gasteiger partial charge in [-0.15, -0.1) is 0 Å². The molecule has 0 bridgehead atoms. The summed E-state index contributed by atoms with van der Waals surface area (Å²) in [5.74, 6) is 0.878. The quantitative estimate of drug-likeness (QED) is 0.774. The van der Waals surface area contributed by atoms with Crippen LogP contribution in [0.4, 0.5) is 0 Å². The van der Waals surface area contributed by atoms with Crippen molar-refractivity contribution in [2.45, 2.75) is 65.2 Å². The monoisotopic (exact) mass is 293 g/mol. The van der Waals surface area contributed by atoms with Gasteiger partial charge in [0, 0.05) is 12.1 Å². The molecule has 0 amide bonds. The molecule has 1 N–H and O–H groups in total. The summed E-state index contributed by atoms with van der Waals surface area (Å²) in [6.07, 6.45) is 2.56. The average Bonchev–Trinajstić information content (AvgIpc) is 2.43. The van der Waals surface area contributed by atoms with Crippen LogP contribution in [0.25, 0.3) is 0 Å². The van der Waals surface area contributed by atoms with E-state index in [0.717, 1.165) is 25.1 Å². The zero-order chi connectivity index (χ0) is 15.9. The molecule has 2 unspecified atom stereocenters. The third-order valence-corrected chi connectivity index (χ3v) is 3.40. The van der Waals surface area contributed by atoms with Crippen molar-refractivity contribution < 1.29 is 9.47 Å². The lowest BCUT2D eigenvalue weighted by atomic mass is 10.1. The van der Waals surface area contributed by atoms with Gasteiger partial charge in [-0.2, -0.15) is 0 Å². The molecule has 1 rings (SSSR count). The second kappa shape index (κ2) is 8.40. The van der Waals surface area contributed by atoms with Crippen LogP contribution in [-0.2, 0) is 4.74 Å². The van der Waals surface area contributed by atoms with Crippen LogP contribution >= 0.6 is 0 Å². The lowest BCUT2D eigenvalue weighted by molar-refractivity contribution is -0.00995. The minimum Gasteiger partial charge on any atom is -0.497 e. The number of hydrogen-bond donors (Lipinski definition) is 1. The summed E-state index contributed by atoms with van der Waals surface area (Å²) in [5, 5.41) is 3.54. The fraction of sp³-hybridized carbons (Fsp3) is 0.667. The Bertz CT molecular complexity index is 395. The molecule has 1 aromatic rings. The van der Waals surface area contributed by atoms with Gasteiger partial charge in [-0.3, -0.25) is 0 Å². The summed E-state index contributed by atoms with van der Waals surface area (Å²) in [7, 11) is 1.69. The molecule has 3 nitrogen and oxygen atoms in total. The van der Waals surface area contributed by atoms with Gasteiger partial charge >= 0.3 is 0 Å². The molecular weight excluding hydrogens is 262 g/mol. The lowest BCUT2D eigenvalue weighted by Crippen LogP contribution is -2.39. The van der Waals surface area contributed by atoms with Crippen LogP contribution in [0.15, 0.2) is 24.3 Å². The van der Waals surface area contributed by atoms with E-state index in [1.54, 1.807) is 7.11 Å². The molecule has 21 heavy (non-hydrogen) atoms. The highest BCUT2D eigenvalue weighted by molar-refractivity contribution is 5.28. The Balaban J connectivity index is 2.78. The van der Waals surface area contributed by atoms with Gasteiger partial charge in [-0.05, 0) is 51.8 Å². The summed E-state index contributed by atoms with van der Waals surface area (Å²) in [4.78, 5) is 0. The van der Waals surface area contributed by atoms with Gasteiger partial charge in [-0.25, -0.2) is 0 Å². The van der Waals surface area contributed by atoms with Gasteiger partial charge in [0.05, 0.1) is 19.3 Å². The zero-order valence-electron chi connectivity index (χ0n) is 14.4. The first-order valence-electron chi connectivity index (χ1n) is 7.90.